The van der Waals surface area contributed by atoms with Gasteiger partial charge in [-0.15, -0.1) is 13.2 Å². The van der Waals surface area contributed by atoms with E-state index in [0.717, 1.165) is 5.92 Å². The molecule has 0 N–H and O–H groups in total. The standard InChI is InChI=1S/C10H16.C2H4/c1-4-10-7-8(2)5-6-9(10)3;1-2/h5-6,8H,4,7H2,1-3H3;1-2H2. The van der Waals surface area contributed by atoms with Crippen LogP contribution in [0.3, 0.4) is 0 Å². The minimum Gasteiger partial charge on any atom is -0.106 e. The highest BCUT2D eigenvalue weighted by Gasteiger charge is 2.07. The smallest absolute Gasteiger partial charge is 0.0221 e. The van der Waals surface area contributed by atoms with Crippen molar-refractivity contribution in [2.24, 2.45) is 5.92 Å². The molecular weight excluding hydrogens is 144 g/mol. The predicted molar refractivity (Wildman–Crippen MR) is 57.2 cm³/mol. The van der Waals surface area contributed by atoms with Crippen molar-refractivity contribution in [3.63, 3.8) is 0 Å². The maximum Gasteiger partial charge on any atom is -0.0221 e. The Morgan fingerprint density at radius 2 is 2.08 bits per heavy atom. The maximum absolute atomic E-state index is 3.00. The number of rotatable bonds is 1. The molecule has 1 unspecified atom stereocenters. The first kappa shape index (κ1) is 11.2. The Morgan fingerprint density at radius 1 is 1.50 bits per heavy atom. The molecule has 1 rings (SSSR count). The second kappa shape index (κ2) is 5.82. The largest absolute Gasteiger partial charge is 0.106 e. The molecule has 0 aromatic rings. The average Bonchev–Trinajstić information content (AvgIpc) is 2.13. The zero-order valence-corrected chi connectivity index (χ0v) is 8.56. The van der Waals surface area contributed by atoms with Gasteiger partial charge in [0.1, 0.15) is 0 Å². The monoisotopic (exact) mass is 164 g/mol. The van der Waals surface area contributed by atoms with E-state index in [0.29, 0.717) is 0 Å². The molecule has 0 radical (unpaired) electrons. The van der Waals surface area contributed by atoms with E-state index in [1.165, 1.54) is 18.4 Å². The van der Waals surface area contributed by atoms with Crippen molar-refractivity contribution >= 4 is 0 Å². The Bertz CT molecular complexity index is 184. The van der Waals surface area contributed by atoms with E-state index in [2.05, 4.69) is 46.1 Å². The van der Waals surface area contributed by atoms with Crippen LogP contribution in [0.25, 0.3) is 0 Å². The first-order chi connectivity index (χ1) is 5.74. The molecule has 0 saturated carbocycles. The fraction of sp³-hybridized carbons (Fsp3) is 0.500. The summed E-state index contributed by atoms with van der Waals surface area (Å²) in [5.74, 6) is 0.763. The summed E-state index contributed by atoms with van der Waals surface area (Å²) in [6.45, 7) is 12.7. The van der Waals surface area contributed by atoms with Gasteiger partial charge in [-0.1, -0.05) is 37.1 Å². The molecule has 0 spiro atoms. The zero-order chi connectivity index (χ0) is 9.56. The van der Waals surface area contributed by atoms with E-state index < -0.39 is 0 Å². The fourth-order valence-corrected chi connectivity index (χ4v) is 1.47. The molecule has 68 valence electrons. The molecule has 1 aliphatic rings. The molecule has 0 bridgehead atoms. The van der Waals surface area contributed by atoms with Crippen LogP contribution in [-0.4, -0.2) is 0 Å². The maximum atomic E-state index is 3.00. The summed E-state index contributed by atoms with van der Waals surface area (Å²) >= 11 is 0. The molecule has 0 heteroatoms. The van der Waals surface area contributed by atoms with E-state index in [1.54, 1.807) is 5.57 Å². The Labute approximate surface area is 76.7 Å². The summed E-state index contributed by atoms with van der Waals surface area (Å²) in [5, 5.41) is 0. The lowest BCUT2D eigenvalue weighted by Crippen LogP contribution is -1.99. The lowest BCUT2D eigenvalue weighted by molar-refractivity contribution is 0.681. The Balaban J connectivity index is 0.000000561. The van der Waals surface area contributed by atoms with Crippen LogP contribution in [0.5, 0.6) is 0 Å². The summed E-state index contributed by atoms with van der Waals surface area (Å²) in [6, 6.07) is 0. The Hall–Kier alpha value is -0.780. The predicted octanol–water partition coefficient (Wildman–Crippen LogP) is 4.11. The van der Waals surface area contributed by atoms with E-state index in [1.807, 2.05) is 0 Å². The quantitative estimate of drug-likeness (QED) is 0.512. The van der Waals surface area contributed by atoms with Crippen LogP contribution >= 0.6 is 0 Å². The van der Waals surface area contributed by atoms with Crippen molar-refractivity contribution in [1.82, 2.24) is 0 Å². The lowest BCUT2D eigenvalue weighted by Gasteiger charge is -2.16. The van der Waals surface area contributed by atoms with Crippen molar-refractivity contribution in [3.8, 4) is 0 Å². The third-order valence-corrected chi connectivity index (χ3v) is 2.23. The molecule has 0 nitrogen and oxygen atoms in total. The number of allylic oxidation sites excluding steroid dienone is 4. The highest BCUT2D eigenvalue weighted by molar-refractivity contribution is 5.28. The van der Waals surface area contributed by atoms with Crippen LogP contribution in [0.2, 0.25) is 0 Å². The highest BCUT2D eigenvalue weighted by Crippen LogP contribution is 2.24. The van der Waals surface area contributed by atoms with E-state index in [9.17, 15) is 0 Å². The van der Waals surface area contributed by atoms with Crippen LogP contribution in [-0.2, 0) is 0 Å². The Morgan fingerprint density at radius 3 is 2.50 bits per heavy atom. The molecule has 12 heavy (non-hydrogen) atoms. The lowest BCUT2D eigenvalue weighted by atomic mass is 9.90. The van der Waals surface area contributed by atoms with Gasteiger partial charge in [-0.25, -0.2) is 0 Å². The van der Waals surface area contributed by atoms with Gasteiger partial charge in [0.05, 0.1) is 0 Å². The topological polar surface area (TPSA) is 0 Å². The van der Waals surface area contributed by atoms with Crippen molar-refractivity contribution in [2.75, 3.05) is 0 Å². The van der Waals surface area contributed by atoms with Gasteiger partial charge >= 0.3 is 0 Å². The summed E-state index contributed by atoms with van der Waals surface area (Å²) in [4.78, 5) is 0. The van der Waals surface area contributed by atoms with Crippen LogP contribution < -0.4 is 0 Å². The minimum absolute atomic E-state index is 0.763. The minimum atomic E-state index is 0.763. The van der Waals surface area contributed by atoms with Gasteiger partial charge in [0.25, 0.3) is 0 Å². The molecular formula is C12H20. The molecule has 0 fully saturated rings. The van der Waals surface area contributed by atoms with Crippen molar-refractivity contribution in [3.05, 3.63) is 36.5 Å². The molecule has 0 aliphatic heterocycles. The Kier molecular flexibility index (Phi) is 5.44. The van der Waals surface area contributed by atoms with Gasteiger partial charge in [-0.05, 0) is 25.7 Å². The molecule has 1 atom stereocenters. The summed E-state index contributed by atoms with van der Waals surface area (Å²) in [6.07, 6.45) is 7.06. The summed E-state index contributed by atoms with van der Waals surface area (Å²) in [5.41, 5.74) is 3.12. The summed E-state index contributed by atoms with van der Waals surface area (Å²) in [7, 11) is 0. The third-order valence-electron chi connectivity index (χ3n) is 2.23. The summed E-state index contributed by atoms with van der Waals surface area (Å²) < 4.78 is 0. The van der Waals surface area contributed by atoms with Crippen LogP contribution in [0.1, 0.15) is 33.6 Å². The molecule has 0 heterocycles. The van der Waals surface area contributed by atoms with Crippen molar-refractivity contribution in [2.45, 2.75) is 33.6 Å². The molecule has 0 amide bonds. The van der Waals surface area contributed by atoms with E-state index >= 15 is 0 Å². The van der Waals surface area contributed by atoms with E-state index in [4.69, 9.17) is 0 Å². The molecule has 1 aliphatic carbocycles. The first-order valence-corrected chi connectivity index (χ1v) is 4.61. The van der Waals surface area contributed by atoms with Crippen LogP contribution in [0.15, 0.2) is 36.5 Å². The van der Waals surface area contributed by atoms with Crippen LogP contribution in [0, 0.1) is 5.92 Å². The van der Waals surface area contributed by atoms with Gasteiger partial charge in [0.15, 0.2) is 0 Å². The van der Waals surface area contributed by atoms with Gasteiger partial charge in [-0.3, -0.25) is 0 Å². The van der Waals surface area contributed by atoms with Gasteiger partial charge in [-0.2, -0.15) is 0 Å². The van der Waals surface area contributed by atoms with Crippen molar-refractivity contribution in [1.29, 1.82) is 0 Å². The molecule has 0 aromatic carbocycles. The second-order valence-corrected chi connectivity index (χ2v) is 3.18. The zero-order valence-electron chi connectivity index (χ0n) is 8.56. The van der Waals surface area contributed by atoms with Gasteiger partial charge < -0.3 is 0 Å². The first-order valence-electron chi connectivity index (χ1n) is 4.61. The third kappa shape index (κ3) is 3.08. The van der Waals surface area contributed by atoms with Crippen LogP contribution in [0.4, 0.5) is 0 Å². The SMILES string of the molecule is C=C.CCC1=C(C)C=CC(C)C1. The highest BCUT2D eigenvalue weighted by atomic mass is 14.1. The van der Waals surface area contributed by atoms with E-state index in [-0.39, 0.29) is 0 Å². The van der Waals surface area contributed by atoms with Gasteiger partial charge in [0.2, 0.25) is 0 Å². The number of hydrogen-bond donors (Lipinski definition) is 0. The van der Waals surface area contributed by atoms with Gasteiger partial charge in [0, 0.05) is 0 Å². The molecule has 0 aromatic heterocycles. The fourth-order valence-electron chi connectivity index (χ4n) is 1.47. The number of hydrogen-bond acceptors (Lipinski definition) is 0. The average molecular weight is 164 g/mol. The normalized spacial score (nSPS) is 21.8. The van der Waals surface area contributed by atoms with Crippen molar-refractivity contribution < 1.29 is 0 Å². The molecule has 0 saturated heterocycles. The second-order valence-electron chi connectivity index (χ2n) is 3.18.